The molecule has 2 aliphatic carbocycles. The van der Waals surface area contributed by atoms with Gasteiger partial charge in [0, 0.05) is 22.4 Å². The van der Waals surface area contributed by atoms with Gasteiger partial charge in [-0.15, -0.1) is 0 Å². The number of imide groups is 1. The van der Waals surface area contributed by atoms with Gasteiger partial charge in [-0.05, 0) is 53.6 Å². The number of hydrogen-bond donors (Lipinski definition) is 0. The van der Waals surface area contributed by atoms with Crippen molar-refractivity contribution >= 4 is 22.9 Å². The van der Waals surface area contributed by atoms with Crippen LogP contribution in [0.3, 0.4) is 0 Å². The van der Waals surface area contributed by atoms with Gasteiger partial charge in [-0.1, -0.05) is 69.8 Å². The van der Waals surface area contributed by atoms with Gasteiger partial charge in [0.05, 0.1) is 18.0 Å². The first-order valence-corrected chi connectivity index (χ1v) is 12.3. The molecule has 5 heteroatoms. The second-order valence-electron chi connectivity index (χ2n) is 10.7. The number of carbonyl (C=O) groups is 2. The SMILES string of the molecule is Cc1cc2c(cc1C1(c3ccc(CN4C(=O)CSC4=O)cn3)CC1)C(C)(C)C=CC2(C)C. The summed E-state index contributed by atoms with van der Waals surface area (Å²) in [4.78, 5) is 30.0. The molecule has 0 unspecified atom stereocenters. The van der Waals surface area contributed by atoms with Crippen LogP contribution in [0, 0.1) is 6.92 Å². The molecule has 1 aromatic carbocycles. The predicted octanol–water partition coefficient (Wildman–Crippen LogP) is 5.79. The van der Waals surface area contributed by atoms with Crippen molar-refractivity contribution in [2.24, 2.45) is 0 Å². The van der Waals surface area contributed by atoms with E-state index in [9.17, 15) is 9.59 Å². The Morgan fingerprint density at radius 1 is 0.969 bits per heavy atom. The number of amides is 2. The number of aryl methyl sites for hydroxylation is 1. The lowest BCUT2D eigenvalue weighted by atomic mass is 9.66. The Bertz CT molecular complexity index is 1140. The van der Waals surface area contributed by atoms with E-state index in [2.05, 4.69) is 65.0 Å². The Morgan fingerprint density at radius 2 is 1.62 bits per heavy atom. The zero-order chi connectivity index (χ0) is 22.9. The summed E-state index contributed by atoms with van der Waals surface area (Å²) in [6.45, 7) is 11.7. The van der Waals surface area contributed by atoms with E-state index in [1.165, 1.54) is 27.2 Å². The van der Waals surface area contributed by atoms with E-state index < -0.39 is 0 Å². The van der Waals surface area contributed by atoms with Crippen LogP contribution in [0.2, 0.25) is 0 Å². The molecule has 0 bridgehead atoms. The van der Waals surface area contributed by atoms with Crippen LogP contribution in [0.15, 0.2) is 42.6 Å². The first-order chi connectivity index (χ1) is 15.0. The molecule has 166 valence electrons. The van der Waals surface area contributed by atoms with Gasteiger partial charge in [0.2, 0.25) is 5.91 Å². The Kier molecular flexibility index (Phi) is 4.72. The van der Waals surface area contributed by atoms with Crippen molar-refractivity contribution in [3.8, 4) is 0 Å². The summed E-state index contributed by atoms with van der Waals surface area (Å²) in [7, 11) is 0. The van der Waals surface area contributed by atoms with Crippen molar-refractivity contribution in [1.29, 1.82) is 0 Å². The van der Waals surface area contributed by atoms with Gasteiger partial charge in [0.15, 0.2) is 0 Å². The highest BCUT2D eigenvalue weighted by Gasteiger charge is 2.49. The van der Waals surface area contributed by atoms with Crippen LogP contribution in [0.1, 0.15) is 74.0 Å². The maximum atomic E-state index is 11.9. The van der Waals surface area contributed by atoms with E-state index in [0.29, 0.717) is 6.54 Å². The van der Waals surface area contributed by atoms with Crippen molar-refractivity contribution in [2.45, 2.75) is 70.3 Å². The number of hydrogen-bond acceptors (Lipinski definition) is 4. The van der Waals surface area contributed by atoms with Crippen LogP contribution < -0.4 is 0 Å². The molecule has 3 aliphatic rings. The molecular formula is C27H30N2O2S. The first-order valence-electron chi connectivity index (χ1n) is 11.3. The number of fused-ring (bicyclic) bond motifs is 1. The van der Waals surface area contributed by atoms with Crippen LogP contribution in [-0.2, 0) is 27.6 Å². The molecule has 2 heterocycles. The van der Waals surface area contributed by atoms with Crippen molar-refractivity contribution < 1.29 is 9.59 Å². The topological polar surface area (TPSA) is 50.3 Å². The summed E-state index contributed by atoms with van der Waals surface area (Å²) in [5, 5.41) is -0.165. The molecule has 0 radical (unpaired) electrons. The van der Waals surface area contributed by atoms with Crippen LogP contribution >= 0.6 is 11.8 Å². The molecule has 4 nitrogen and oxygen atoms in total. The van der Waals surface area contributed by atoms with E-state index in [-0.39, 0.29) is 33.1 Å². The lowest BCUT2D eigenvalue weighted by Gasteiger charge is -2.38. The van der Waals surface area contributed by atoms with E-state index >= 15 is 0 Å². The quantitative estimate of drug-likeness (QED) is 0.558. The lowest BCUT2D eigenvalue weighted by Crippen LogP contribution is -2.30. The average Bonchev–Trinajstić information content (AvgIpc) is 3.49. The molecule has 5 rings (SSSR count). The molecule has 1 saturated carbocycles. The van der Waals surface area contributed by atoms with Gasteiger partial charge in [-0.25, -0.2) is 0 Å². The normalized spacial score (nSPS) is 22.2. The van der Waals surface area contributed by atoms with Crippen molar-refractivity contribution in [2.75, 3.05) is 5.75 Å². The summed E-state index contributed by atoms with van der Waals surface area (Å²) in [6.07, 6.45) is 8.72. The van der Waals surface area contributed by atoms with E-state index in [1.807, 2.05) is 12.3 Å². The highest BCUT2D eigenvalue weighted by Crippen LogP contribution is 2.55. The van der Waals surface area contributed by atoms with Crippen LogP contribution in [0.25, 0.3) is 0 Å². The van der Waals surface area contributed by atoms with Crippen LogP contribution in [0.4, 0.5) is 4.79 Å². The maximum Gasteiger partial charge on any atom is 0.289 e. The molecule has 1 aromatic heterocycles. The fourth-order valence-corrected chi connectivity index (χ4v) is 5.92. The number of aromatic nitrogens is 1. The molecule has 0 atom stereocenters. The minimum absolute atomic E-state index is 0.00743. The minimum Gasteiger partial charge on any atom is -0.273 e. The molecule has 2 aromatic rings. The number of thioether (sulfide) groups is 1. The molecular weight excluding hydrogens is 416 g/mol. The smallest absolute Gasteiger partial charge is 0.273 e. The van der Waals surface area contributed by atoms with Gasteiger partial charge < -0.3 is 0 Å². The number of rotatable bonds is 4. The Labute approximate surface area is 194 Å². The lowest BCUT2D eigenvalue weighted by molar-refractivity contribution is -0.125. The maximum absolute atomic E-state index is 11.9. The summed E-state index contributed by atoms with van der Waals surface area (Å²) < 4.78 is 0. The van der Waals surface area contributed by atoms with Gasteiger partial charge in [0.1, 0.15) is 0 Å². The Balaban J connectivity index is 1.49. The summed E-state index contributed by atoms with van der Waals surface area (Å²) in [5.74, 6) is 0.125. The second-order valence-corrected chi connectivity index (χ2v) is 11.6. The fraction of sp³-hybridized carbons (Fsp3) is 0.444. The van der Waals surface area contributed by atoms with Crippen LogP contribution in [-0.4, -0.2) is 26.8 Å². The molecule has 2 amide bonds. The standard InChI is InChI=1S/C27H30N2O2S/c1-17-12-20-21(26(4,5)9-8-25(20,2)3)13-19(17)27(10-11-27)22-7-6-18(14-28-22)15-29-23(30)16-32-24(29)31/h6-9,12-14H,10-11,15-16H2,1-5H3. The Morgan fingerprint density at radius 3 is 2.16 bits per heavy atom. The van der Waals surface area contributed by atoms with Crippen molar-refractivity contribution in [3.05, 3.63) is 76.1 Å². The second kappa shape index (κ2) is 7.05. The number of allylic oxidation sites excluding steroid dienone is 2. The third kappa shape index (κ3) is 3.33. The third-order valence-electron chi connectivity index (χ3n) is 7.43. The van der Waals surface area contributed by atoms with Crippen LogP contribution in [0.5, 0.6) is 0 Å². The predicted molar refractivity (Wildman–Crippen MR) is 129 cm³/mol. The first kappa shape index (κ1) is 21.4. The monoisotopic (exact) mass is 446 g/mol. The molecule has 2 fully saturated rings. The highest BCUT2D eigenvalue weighted by atomic mass is 32.2. The van der Waals surface area contributed by atoms with Crippen molar-refractivity contribution in [1.82, 2.24) is 9.88 Å². The molecule has 1 saturated heterocycles. The number of nitrogens with zero attached hydrogens (tertiary/aromatic N) is 2. The highest BCUT2D eigenvalue weighted by molar-refractivity contribution is 8.14. The summed E-state index contributed by atoms with van der Waals surface area (Å²) in [5.41, 5.74) is 7.54. The molecule has 1 aliphatic heterocycles. The largest absolute Gasteiger partial charge is 0.289 e. The van der Waals surface area contributed by atoms with E-state index in [1.54, 1.807) is 0 Å². The van der Waals surface area contributed by atoms with Crippen molar-refractivity contribution in [3.63, 3.8) is 0 Å². The summed E-state index contributed by atoms with van der Waals surface area (Å²) >= 11 is 1.07. The van der Waals surface area contributed by atoms with E-state index in [4.69, 9.17) is 4.98 Å². The zero-order valence-electron chi connectivity index (χ0n) is 19.5. The molecule has 0 spiro atoms. The molecule has 0 N–H and O–H groups in total. The zero-order valence-corrected chi connectivity index (χ0v) is 20.3. The van der Waals surface area contributed by atoms with Gasteiger partial charge in [-0.3, -0.25) is 19.5 Å². The number of benzene rings is 1. The van der Waals surface area contributed by atoms with Gasteiger partial charge in [-0.2, -0.15) is 0 Å². The average molecular weight is 447 g/mol. The summed E-state index contributed by atoms with van der Waals surface area (Å²) in [6, 6.07) is 8.95. The third-order valence-corrected chi connectivity index (χ3v) is 8.29. The number of carbonyl (C=O) groups excluding carboxylic acids is 2. The molecule has 32 heavy (non-hydrogen) atoms. The fourth-order valence-electron chi connectivity index (χ4n) is 5.19. The van der Waals surface area contributed by atoms with E-state index in [0.717, 1.165) is 35.9 Å². The Hall–Kier alpha value is -2.40. The van der Waals surface area contributed by atoms with Gasteiger partial charge in [0.25, 0.3) is 5.24 Å². The van der Waals surface area contributed by atoms with Gasteiger partial charge >= 0.3 is 0 Å². The number of pyridine rings is 1. The minimum atomic E-state index is -0.165.